The van der Waals surface area contributed by atoms with Gasteiger partial charge in [0.05, 0.1) is 11.1 Å². The van der Waals surface area contributed by atoms with Crippen molar-refractivity contribution in [3.8, 4) is 5.82 Å². The Kier molecular flexibility index (Phi) is 4.70. The minimum atomic E-state index is -0.544. The summed E-state index contributed by atoms with van der Waals surface area (Å²) in [6, 6.07) is 5.40. The van der Waals surface area contributed by atoms with Gasteiger partial charge in [0.2, 0.25) is 5.91 Å². The van der Waals surface area contributed by atoms with Crippen molar-refractivity contribution >= 4 is 11.6 Å². The van der Waals surface area contributed by atoms with E-state index in [-0.39, 0.29) is 5.91 Å². The summed E-state index contributed by atoms with van der Waals surface area (Å²) in [6.07, 6.45) is 6.52. The zero-order valence-corrected chi connectivity index (χ0v) is 12.4. The highest BCUT2D eigenvalue weighted by Crippen LogP contribution is 2.28. The van der Waals surface area contributed by atoms with E-state index < -0.39 is 5.41 Å². The standard InChI is InChI=1S/C15H21N5O/c1-3-15(4-2,11-16)14(21)19-12-7-5-8-17-13(12)20-10-6-9-18-20/h5-10H,3-4,11,16H2,1-2H3,(H,19,21). The maximum atomic E-state index is 12.6. The van der Waals surface area contributed by atoms with E-state index in [0.29, 0.717) is 30.9 Å². The molecule has 0 fully saturated rings. The predicted octanol–water partition coefficient (Wildman–Crippen LogP) is 1.97. The molecule has 1 amide bonds. The molecule has 0 spiro atoms. The first kappa shape index (κ1) is 15.2. The molecule has 0 radical (unpaired) electrons. The molecular weight excluding hydrogens is 266 g/mol. The Labute approximate surface area is 124 Å². The van der Waals surface area contributed by atoms with Gasteiger partial charge in [-0.15, -0.1) is 0 Å². The zero-order valence-electron chi connectivity index (χ0n) is 12.4. The third-order valence-electron chi connectivity index (χ3n) is 3.98. The second-order valence-electron chi connectivity index (χ2n) is 4.97. The van der Waals surface area contributed by atoms with Gasteiger partial charge in [-0.1, -0.05) is 13.8 Å². The van der Waals surface area contributed by atoms with Crippen LogP contribution in [0.3, 0.4) is 0 Å². The molecule has 2 aromatic heterocycles. The number of hydrogen-bond acceptors (Lipinski definition) is 4. The monoisotopic (exact) mass is 287 g/mol. The molecule has 0 saturated heterocycles. The summed E-state index contributed by atoms with van der Waals surface area (Å²) in [5, 5.41) is 7.11. The largest absolute Gasteiger partial charge is 0.329 e. The maximum absolute atomic E-state index is 12.6. The first-order valence-corrected chi connectivity index (χ1v) is 7.13. The van der Waals surface area contributed by atoms with Crippen LogP contribution in [0.5, 0.6) is 0 Å². The van der Waals surface area contributed by atoms with Crippen molar-refractivity contribution in [2.24, 2.45) is 11.1 Å². The fourth-order valence-corrected chi connectivity index (χ4v) is 2.28. The van der Waals surface area contributed by atoms with E-state index in [4.69, 9.17) is 5.73 Å². The van der Waals surface area contributed by atoms with Crippen molar-refractivity contribution in [3.05, 3.63) is 36.8 Å². The van der Waals surface area contributed by atoms with Crippen LogP contribution >= 0.6 is 0 Å². The lowest BCUT2D eigenvalue weighted by Gasteiger charge is -2.28. The summed E-state index contributed by atoms with van der Waals surface area (Å²) in [5.41, 5.74) is 5.91. The molecule has 112 valence electrons. The van der Waals surface area contributed by atoms with E-state index in [2.05, 4.69) is 15.4 Å². The molecule has 0 aromatic carbocycles. The maximum Gasteiger partial charge on any atom is 0.231 e. The Morgan fingerprint density at radius 1 is 1.33 bits per heavy atom. The number of rotatable bonds is 6. The molecule has 2 rings (SSSR count). The summed E-state index contributed by atoms with van der Waals surface area (Å²) in [4.78, 5) is 16.9. The van der Waals surface area contributed by atoms with Crippen molar-refractivity contribution in [1.82, 2.24) is 14.8 Å². The normalized spacial score (nSPS) is 11.4. The minimum absolute atomic E-state index is 0.0728. The molecule has 0 aliphatic rings. The van der Waals surface area contributed by atoms with E-state index in [0.717, 1.165) is 0 Å². The number of pyridine rings is 1. The van der Waals surface area contributed by atoms with Crippen LogP contribution in [-0.2, 0) is 4.79 Å². The van der Waals surface area contributed by atoms with Gasteiger partial charge in [-0.3, -0.25) is 4.79 Å². The van der Waals surface area contributed by atoms with Crippen molar-refractivity contribution in [1.29, 1.82) is 0 Å². The third kappa shape index (κ3) is 2.95. The van der Waals surface area contributed by atoms with Gasteiger partial charge in [-0.05, 0) is 31.0 Å². The Balaban J connectivity index is 2.30. The van der Waals surface area contributed by atoms with Gasteiger partial charge in [0.15, 0.2) is 5.82 Å². The molecule has 0 saturated carbocycles. The minimum Gasteiger partial charge on any atom is -0.329 e. The fraction of sp³-hybridized carbons (Fsp3) is 0.400. The molecule has 3 N–H and O–H groups in total. The van der Waals surface area contributed by atoms with Gasteiger partial charge >= 0.3 is 0 Å². The van der Waals surface area contributed by atoms with Crippen LogP contribution in [0.15, 0.2) is 36.8 Å². The summed E-state index contributed by atoms with van der Waals surface area (Å²) in [5.74, 6) is 0.519. The number of carbonyl (C=O) groups is 1. The zero-order chi connectivity index (χ0) is 15.3. The topological polar surface area (TPSA) is 85.8 Å². The molecule has 2 heterocycles. The predicted molar refractivity (Wildman–Crippen MR) is 82.1 cm³/mol. The number of nitrogens with zero attached hydrogens (tertiary/aromatic N) is 3. The van der Waals surface area contributed by atoms with Crippen LogP contribution in [-0.4, -0.2) is 27.2 Å². The molecule has 0 bridgehead atoms. The van der Waals surface area contributed by atoms with Crippen molar-refractivity contribution in [3.63, 3.8) is 0 Å². The highest BCUT2D eigenvalue weighted by molar-refractivity contribution is 5.96. The van der Waals surface area contributed by atoms with Gasteiger partial charge in [0, 0.05) is 25.1 Å². The second kappa shape index (κ2) is 6.49. The number of anilines is 1. The van der Waals surface area contributed by atoms with Crippen LogP contribution < -0.4 is 11.1 Å². The highest BCUT2D eigenvalue weighted by atomic mass is 16.2. The van der Waals surface area contributed by atoms with Gasteiger partial charge < -0.3 is 11.1 Å². The van der Waals surface area contributed by atoms with Gasteiger partial charge in [-0.25, -0.2) is 9.67 Å². The Morgan fingerprint density at radius 3 is 2.67 bits per heavy atom. The summed E-state index contributed by atoms with van der Waals surface area (Å²) >= 11 is 0. The van der Waals surface area contributed by atoms with E-state index >= 15 is 0 Å². The summed E-state index contributed by atoms with van der Waals surface area (Å²) in [6.45, 7) is 4.28. The Bertz CT molecular complexity index is 582. The number of nitrogens with two attached hydrogens (primary N) is 1. The van der Waals surface area contributed by atoms with E-state index in [1.807, 2.05) is 26.0 Å². The second-order valence-corrected chi connectivity index (χ2v) is 4.97. The smallest absolute Gasteiger partial charge is 0.231 e. The Morgan fingerprint density at radius 2 is 2.10 bits per heavy atom. The lowest BCUT2D eigenvalue weighted by Crippen LogP contribution is -2.41. The molecule has 0 aliphatic carbocycles. The molecule has 0 atom stereocenters. The van der Waals surface area contributed by atoms with Crippen LogP contribution in [0.1, 0.15) is 26.7 Å². The third-order valence-corrected chi connectivity index (χ3v) is 3.98. The van der Waals surface area contributed by atoms with Gasteiger partial charge in [0.25, 0.3) is 0 Å². The number of aromatic nitrogens is 3. The van der Waals surface area contributed by atoms with Gasteiger partial charge in [0.1, 0.15) is 0 Å². The quantitative estimate of drug-likeness (QED) is 0.850. The molecule has 6 nitrogen and oxygen atoms in total. The molecule has 2 aromatic rings. The van der Waals surface area contributed by atoms with E-state index in [9.17, 15) is 4.79 Å². The number of hydrogen-bond donors (Lipinski definition) is 2. The average molecular weight is 287 g/mol. The van der Waals surface area contributed by atoms with Gasteiger partial charge in [-0.2, -0.15) is 5.10 Å². The van der Waals surface area contributed by atoms with Crippen molar-refractivity contribution in [2.45, 2.75) is 26.7 Å². The number of amides is 1. The molecule has 0 unspecified atom stereocenters. The van der Waals surface area contributed by atoms with E-state index in [1.54, 1.807) is 29.3 Å². The first-order valence-electron chi connectivity index (χ1n) is 7.13. The van der Waals surface area contributed by atoms with E-state index in [1.165, 1.54) is 0 Å². The highest BCUT2D eigenvalue weighted by Gasteiger charge is 2.33. The van der Waals surface area contributed by atoms with Crippen LogP contribution in [0.2, 0.25) is 0 Å². The van der Waals surface area contributed by atoms with Crippen LogP contribution in [0.25, 0.3) is 5.82 Å². The number of carbonyl (C=O) groups excluding carboxylic acids is 1. The van der Waals surface area contributed by atoms with Crippen molar-refractivity contribution in [2.75, 3.05) is 11.9 Å². The van der Waals surface area contributed by atoms with Crippen LogP contribution in [0.4, 0.5) is 5.69 Å². The summed E-state index contributed by atoms with van der Waals surface area (Å²) in [7, 11) is 0. The number of nitrogens with one attached hydrogen (secondary N) is 1. The Hall–Kier alpha value is -2.21. The molecule has 21 heavy (non-hydrogen) atoms. The lowest BCUT2D eigenvalue weighted by atomic mass is 9.81. The first-order chi connectivity index (χ1) is 10.2. The average Bonchev–Trinajstić information content (AvgIpc) is 3.04. The summed E-state index contributed by atoms with van der Waals surface area (Å²) < 4.78 is 1.62. The van der Waals surface area contributed by atoms with Crippen LogP contribution in [0, 0.1) is 5.41 Å². The fourth-order valence-electron chi connectivity index (χ4n) is 2.28. The van der Waals surface area contributed by atoms with Crippen molar-refractivity contribution < 1.29 is 4.79 Å². The molecular formula is C15H21N5O. The SMILES string of the molecule is CCC(CC)(CN)C(=O)Nc1cccnc1-n1cccn1. The molecule has 0 aliphatic heterocycles. The molecule has 6 heteroatoms. The lowest BCUT2D eigenvalue weighted by molar-refractivity contribution is -0.125.